The summed E-state index contributed by atoms with van der Waals surface area (Å²) in [6, 6.07) is 0.427. The highest BCUT2D eigenvalue weighted by atomic mass is 32.1. The highest BCUT2D eigenvalue weighted by Crippen LogP contribution is 2.39. The minimum absolute atomic E-state index is 0.0128. The van der Waals surface area contributed by atoms with Crippen LogP contribution in [0.25, 0.3) is 10.2 Å². The third-order valence-electron chi connectivity index (χ3n) is 6.24. The summed E-state index contributed by atoms with van der Waals surface area (Å²) in [5.74, 6) is 0.994. The Morgan fingerprint density at radius 3 is 2.48 bits per heavy atom. The van der Waals surface area contributed by atoms with Gasteiger partial charge >= 0.3 is 0 Å². The predicted octanol–water partition coefficient (Wildman–Crippen LogP) is 3.44. The van der Waals surface area contributed by atoms with Gasteiger partial charge in [0.15, 0.2) is 0 Å². The third kappa shape index (κ3) is 3.02. The van der Waals surface area contributed by atoms with Gasteiger partial charge in [0.05, 0.1) is 5.39 Å². The van der Waals surface area contributed by atoms with Crippen molar-refractivity contribution in [2.24, 2.45) is 0 Å². The summed E-state index contributed by atoms with van der Waals surface area (Å²) in [6.45, 7) is 0. The van der Waals surface area contributed by atoms with Crippen molar-refractivity contribution in [3.8, 4) is 0 Å². The van der Waals surface area contributed by atoms with Gasteiger partial charge in [0.25, 0.3) is 0 Å². The van der Waals surface area contributed by atoms with Crippen molar-refractivity contribution in [3.63, 3.8) is 0 Å². The van der Waals surface area contributed by atoms with Gasteiger partial charge in [0.2, 0.25) is 11.8 Å². The van der Waals surface area contributed by atoms with Crippen molar-refractivity contribution in [1.82, 2.24) is 14.9 Å². The number of hydrogen-bond donors (Lipinski definition) is 1. The Labute approximate surface area is 162 Å². The Kier molecular flexibility index (Phi) is 4.34. The zero-order valence-corrected chi connectivity index (χ0v) is 16.2. The minimum Gasteiger partial charge on any atom is -0.367 e. The molecule has 27 heavy (non-hydrogen) atoms. The Balaban J connectivity index is 1.31. The smallest absolute Gasteiger partial charge is 0.229 e. The maximum Gasteiger partial charge on any atom is 0.229 e. The molecular formula is C20H24N4O2S. The molecule has 3 heterocycles. The largest absolute Gasteiger partial charge is 0.367 e. The topological polar surface area (TPSA) is 75.2 Å². The highest BCUT2D eigenvalue weighted by molar-refractivity contribution is 7.19. The van der Waals surface area contributed by atoms with Gasteiger partial charge in [-0.15, -0.1) is 11.3 Å². The number of fused-ring (bicyclic) bond motifs is 3. The number of nitrogens with one attached hydrogen (secondary N) is 1. The predicted molar refractivity (Wildman–Crippen MR) is 105 cm³/mol. The molecule has 0 unspecified atom stereocenters. The van der Waals surface area contributed by atoms with Crippen LogP contribution in [0.15, 0.2) is 6.33 Å². The lowest BCUT2D eigenvalue weighted by molar-refractivity contribution is -0.141. The number of carbonyl (C=O) groups excluding carboxylic acids is 2. The fourth-order valence-electron chi connectivity index (χ4n) is 4.87. The summed E-state index contributed by atoms with van der Waals surface area (Å²) in [6.07, 6.45) is 10.9. The van der Waals surface area contributed by atoms with Gasteiger partial charge in [-0.25, -0.2) is 9.97 Å². The molecule has 0 spiro atoms. The molecule has 0 atom stereocenters. The molecule has 2 amide bonds. The number of aromatic nitrogens is 2. The normalized spacial score (nSPS) is 25.9. The number of likely N-dealkylation sites (tertiary alicyclic amines) is 1. The van der Waals surface area contributed by atoms with Crippen LogP contribution >= 0.6 is 11.3 Å². The lowest BCUT2D eigenvalue weighted by Gasteiger charge is -2.34. The molecule has 2 aliphatic carbocycles. The average molecular weight is 385 g/mol. The van der Waals surface area contributed by atoms with E-state index in [1.54, 1.807) is 6.33 Å². The summed E-state index contributed by atoms with van der Waals surface area (Å²) < 4.78 is 0. The van der Waals surface area contributed by atoms with Gasteiger partial charge in [-0.2, -0.15) is 0 Å². The van der Waals surface area contributed by atoms with Crippen LogP contribution in [-0.4, -0.2) is 38.8 Å². The van der Waals surface area contributed by atoms with Crippen molar-refractivity contribution in [2.45, 2.75) is 76.3 Å². The second kappa shape index (κ2) is 6.86. The molecule has 0 aromatic carbocycles. The van der Waals surface area contributed by atoms with Gasteiger partial charge in [-0.3, -0.25) is 14.5 Å². The minimum atomic E-state index is 0.0128. The van der Waals surface area contributed by atoms with E-state index < -0.39 is 0 Å². The number of aryl methyl sites for hydroxylation is 2. The molecule has 2 aromatic heterocycles. The number of anilines is 1. The Hall–Kier alpha value is -2.02. The molecule has 2 aromatic rings. The van der Waals surface area contributed by atoms with Gasteiger partial charge in [-0.1, -0.05) is 0 Å². The van der Waals surface area contributed by atoms with Gasteiger partial charge < -0.3 is 5.32 Å². The number of imide groups is 1. The van der Waals surface area contributed by atoms with Crippen molar-refractivity contribution < 1.29 is 9.59 Å². The fourth-order valence-corrected chi connectivity index (χ4v) is 6.10. The summed E-state index contributed by atoms with van der Waals surface area (Å²) in [4.78, 5) is 37.2. The first-order chi connectivity index (χ1) is 13.2. The molecule has 6 nitrogen and oxygen atoms in total. The summed E-state index contributed by atoms with van der Waals surface area (Å²) in [7, 11) is 0. The van der Waals surface area contributed by atoms with E-state index in [-0.39, 0.29) is 17.9 Å². The molecule has 1 N–H and O–H groups in total. The highest BCUT2D eigenvalue weighted by Gasteiger charge is 2.37. The number of hydrogen-bond acceptors (Lipinski definition) is 6. The maximum atomic E-state index is 12.0. The van der Waals surface area contributed by atoms with E-state index in [0.29, 0.717) is 18.9 Å². The molecule has 1 saturated heterocycles. The van der Waals surface area contributed by atoms with E-state index in [2.05, 4.69) is 15.3 Å². The zero-order chi connectivity index (χ0) is 18.4. The molecule has 0 bridgehead atoms. The molecule has 1 aliphatic heterocycles. The van der Waals surface area contributed by atoms with Crippen LogP contribution in [0.3, 0.4) is 0 Å². The van der Waals surface area contributed by atoms with Crippen LogP contribution in [0, 0.1) is 0 Å². The van der Waals surface area contributed by atoms with Crippen molar-refractivity contribution in [2.75, 3.05) is 5.32 Å². The molecule has 5 rings (SSSR count). The molecule has 142 valence electrons. The Morgan fingerprint density at radius 1 is 0.963 bits per heavy atom. The van der Waals surface area contributed by atoms with E-state index >= 15 is 0 Å². The monoisotopic (exact) mass is 384 g/mol. The van der Waals surface area contributed by atoms with E-state index in [4.69, 9.17) is 0 Å². The second-order valence-electron chi connectivity index (χ2n) is 7.92. The third-order valence-corrected chi connectivity index (χ3v) is 7.44. The first-order valence-corrected chi connectivity index (χ1v) is 10.9. The fraction of sp³-hybridized carbons (Fsp3) is 0.600. The SMILES string of the molecule is O=C1CCC(=O)N1C1CCC(Nc2ncnc3sc4c(c23)CCCC4)CC1. The van der Waals surface area contributed by atoms with Crippen LogP contribution in [-0.2, 0) is 22.4 Å². The lowest BCUT2D eigenvalue weighted by Crippen LogP contribution is -2.43. The standard InChI is InChI=1S/C20H24N4O2S/c25-16-9-10-17(26)24(16)13-7-5-12(6-8-13)23-19-18-14-3-1-2-4-15(14)27-20(18)22-11-21-19/h11-13H,1-10H2,(H,21,22,23). The van der Waals surface area contributed by atoms with Crippen LogP contribution in [0.4, 0.5) is 5.82 Å². The van der Waals surface area contributed by atoms with Crippen LogP contribution in [0.1, 0.15) is 61.8 Å². The Morgan fingerprint density at radius 2 is 1.70 bits per heavy atom. The van der Waals surface area contributed by atoms with Gasteiger partial charge in [0.1, 0.15) is 17.0 Å². The van der Waals surface area contributed by atoms with Gasteiger partial charge in [0, 0.05) is 29.8 Å². The molecule has 3 aliphatic rings. The van der Waals surface area contributed by atoms with Gasteiger partial charge in [-0.05, 0) is 56.9 Å². The summed E-state index contributed by atoms with van der Waals surface area (Å²) in [5, 5.41) is 4.89. The van der Waals surface area contributed by atoms with Crippen molar-refractivity contribution in [3.05, 3.63) is 16.8 Å². The number of nitrogens with zero attached hydrogens (tertiary/aromatic N) is 3. The number of amides is 2. The molecule has 1 saturated carbocycles. The molecule has 7 heteroatoms. The summed E-state index contributed by atoms with van der Waals surface area (Å²) in [5.41, 5.74) is 1.45. The lowest BCUT2D eigenvalue weighted by atomic mass is 9.90. The first-order valence-electron chi connectivity index (χ1n) is 10.1. The second-order valence-corrected chi connectivity index (χ2v) is 9.00. The zero-order valence-electron chi connectivity index (χ0n) is 15.4. The molecular weight excluding hydrogens is 360 g/mol. The quantitative estimate of drug-likeness (QED) is 0.821. The number of thiophene rings is 1. The van der Waals surface area contributed by atoms with E-state index in [1.807, 2.05) is 11.3 Å². The molecule has 0 radical (unpaired) electrons. The van der Waals surface area contributed by atoms with E-state index in [9.17, 15) is 9.59 Å². The average Bonchev–Trinajstić information content (AvgIpc) is 3.23. The van der Waals surface area contributed by atoms with Crippen molar-refractivity contribution >= 4 is 39.2 Å². The number of carbonyl (C=O) groups is 2. The summed E-state index contributed by atoms with van der Waals surface area (Å²) >= 11 is 1.82. The van der Waals surface area contributed by atoms with Crippen molar-refractivity contribution in [1.29, 1.82) is 0 Å². The number of rotatable bonds is 3. The Bertz CT molecular complexity index is 885. The van der Waals surface area contributed by atoms with E-state index in [0.717, 1.165) is 42.8 Å². The maximum absolute atomic E-state index is 12.0. The van der Waals surface area contributed by atoms with Crippen LogP contribution < -0.4 is 5.32 Å². The van der Waals surface area contributed by atoms with E-state index in [1.165, 1.54) is 40.0 Å². The van der Waals surface area contributed by atoms with Crippen LogP contribution in [0.2, 0.25) is 0 Å². The first kappa shape index (κ1) is 17.1. The molecule has 2 fully saturated rings. The van der Waals surface area contributed by atoms with Crippen LogP contribution in [0.5, 0.6) is 0 Å².